The average molecular weight is 376 g/mol. The second-order valence-corrected chi connectivity index (χ2v) is 8.32. The lowest BCUT2D eigenvalue weighted by Gasteiger charge is -2.40. The largest absolute Gasteiger partial charge is 0.348 e. The van der Waals surface area contributed by atoms with Crippen molar-refractivity contribution in [1.82, 2.24) is 0 Å². The number of nitrogens with two attached hydrogens (primary N) is 1. The van der Waals surface area contributed by atoms with Gasteiger partial charge in [0.05, 0.1) is 25.9 Å². The lowest BCUT2D eigenvalue weighted by molar-refractivity contribution is -0.199. The summed E-state index contributed by atoms with van der Waals surface area (Å²) in [6.45, 7) is 4.61. The summed E-state index contributed by atoms with van der Waals surface area (Å²) in [6, 6.07) is 9.04. The Hall–Kier alpha value is -0.980. The van der Waals surface area contributed by atoms with Crippen LogP contribution in [0.3, 0.4) is 0 Å². The van der Waals surface area contributed by atoms with Crippen LogP contribution < -0.4 is 5.73 Å². The standard InChI is InChI=1S/C22H33NO4/c1-21(24-13-14-25-21)11-4-5-17-7-9-18(10-8-17)20-6-2-3-12-22(20)26-16-19(15-23)27-22/h7-10,19-20H,2-6,11-16,23H2,1H3/t19-,20?,22?/m1/s1. The number of benzene rings is 1. The molecule has 0 aromatic heterocycles. The summed E-state index contributed by atoms with van der Waals surface area (Å²) in [7, 11) is 0. The van der Waals surface area contributed by atoms with Gasteiger partial charge in [0.25, 0.3) is 0 Å². The van der Waals surface area contributed by atoms with Crippen molar-refractivity contribution in [3.8, 4) is 0 Å². The monoisotopic (exact) mass is 375 g/mol. The highest BCUT2D eigenvalue weighted by molar-refractivity contribution is 5.28. The van der Waals surface area contributed by atoms with E-state index in [1.165, 1.54) is 17.5 Å². The molecule has 3 atom stereocenters. The van der Waals surface area contributed by atoms with Gasteiger partial charge in [-0.2, -0.15) is 0 Å². The van der Waals surface area contributed by atoms with Crippen molar-refractivity contribution >= 4 is 0 Å². The van der Waals surface area contributed by atoms with E-state index in [0.717, 1.165) is 38.5 Å². The van der Waals surface area contributed by atoms with Gasteiger partial charge in [-0.25, -0.2) is 0 Å². The van der Waals surface area contributed by atoms with Gasteiger partial charge in [0.2, 0.25) is 0 Å². The Morgan fingerprint density at radius 3 is 2.56 bits per heavy atom. The van der Waals surface area contributed by atoms with Crippen molar-refractivity contribution in [2.75, 3.05) is 26.4 Å². The van der Waals surface area contributed by atoms with Crippen LogP contribution in [0.4, 0.5) is 0 Å². The van der Waals surface area contributed by atoms with Gasteiger partial charge in [-0.1, -0.05) is 30.7 Å². The summed E-state index contributed by atoms with van der Waals surface area (Å²) in [4.78, 5) is 0. The maximum absolute atomic E-state index is 6.29. The molecule has 5 heteroatoms. The van der Waals surface area contributed by atoms with Gasteiger partial charge < -0.3 is 24.7 Å². The molecular weight excluding hydrogens is 342 g/mol. The molecule has 2 N–H and O–H groups in total. The number of rotatable bonds is 6. The number of aryl methyl sites for hydroxylation is 1. The number of hydrogen-bond acceptors (Lipinski definition) is 5. The Labute approximate surface area is 162 Å². The van der Waals surface area contributed by atoms with Crippen molar-refractivity contribution in [3.05, 3.63) is 35.4 Å². The van der Waals surface area contributed by atoms with Crippen LogP contribution >= 0.6 is 0 Å². The van der Waals surface area contributed by atoms with Crippen LogP contribution in [-0.4, -0.2) is 44.0 Å². The summed E-state index contributed by atoms with van der Waals surface area (Å²) in [5.74, 6) is -0.545. The fourth-order valence-electron chi connectivity index (χ4n) is 4.78. The fourth-order valence-corrected chi connectivity index (χ4v) is 4.78. The zero-order valence-electron chi connectivity index (χ0n) is 16.5. The topological polar surface area (TPSA) is 62.9 Å². The van der Waals surface area contributed by atoms with Gasteiger partial charge >= 0.3 is 0 Å². The highest BCUT2D eigenvalue weighted by Crippen LogP contribution is 2.47. The van der Waals surface area contributed by atoms with Crippen LogP contribution in [0, 0.1) is 0 Å². The van der Waals surface area contributed by atoms with E-state index in [-0.39, 0.29) is 11.9 Å². The molecule has 2 aliphatic heterocycles. The van der Waals surface area contributed by atoms with Crippen molar-refractivity contribution < 1.29 is 18.9 Å². The molecule has 3 aliphatic rings. The van der Waals surface area contributed by atoms with E-state index in [0.29, 0.717) is 32.3 Å². The SMILES string of the molecule is CC1(CCCc2ccc(C3CCCCC34OC[C@@H](CN)O4)cc2)OCCO1. The first-order valence-electron chi connectivity index (χ1n) is 10.5. The minimum absolute atomic E-state index is 0.0336. The zero-order chi connectivity index (χ0) is 18.7. The summed E-state index contributed by atoms with van der Waals surface area (Å²) < 4.78 is 23.9. The van der Waals surface area contributed by atoms with Crippen LogP contribution in [0.5, 0.6) is 0 Å². The molecule has 1 spiro atoms. The lowest BCUT2D eigenvalue weighted by atomic mass is 9.78. The van der Waals surface area contributed by atoms with E-state index in [4.69, 9.17) is 24.7 Å². The van der Waals surface area contributed by atoms with Crippen LogP contribution in [0.25, 0.3) is 0 Å². The third-order valence-corrected chi connectivity index (χ3v) is 6.32. The Bertz CT molecular complexity index is 613. The first-order chi connectivity index (χ1) is 13.1. The highest BCUT2D eigenvalue weighted by atomic mass is 16.7. The van der Waals surface area contributed by atoms with Crippen molar-refractivity contribution in [2.45, 2.75) is 75.5 Å². The van der Waals surface area contributed by atoms with Gasteiger partial charge in [-0.15, -0.1) is 0 Å². The molecule has 0 bridgehead atoms. The summed E-state index contributed by atoms with van der Waals surface area (Å²) in [5, 5.41) is 0. The molecule has 2 saturated heterocycles. The molecule has 27 heavy (non-hydrogen) atoms. The van der Waals surface area contributed by atoms with Gasteiger partial charge in [-0.05, 0) is 43.7 Å². The van der Waals surface area contributed by atoms with Crippen LogP contribution in [0.2, 0.25) is 0 Å². The normalized spacial score (nSPS) is 33.0. The average Bonchev–Trinajstić information content (AvgIpc) is 3.30. The van der Waals surface area contributed by atoms with Crippen LogP contribution in [0.1, 0.15) is 62.5 Å². The van der Waals surface area contributed by atoms with Crippen molar-refractivity contribution in [3.63, 3.8) is 0 Å². The molecular formula is C22H33NO4. The molecule has 5 nitrogen and oxygen atoms in total. The Kier molecular flexibility index (Phi) is 5.86. The highest BCUT2D eigenvalue weighted by Gasteiger charge is 2.49. The van der Waals surface area contributed by atoms with E-state index in [1.54, 1.807) is 0 Å². The van der Waals surface area contributed by atoms with Crippen LogP contribution in [0.15, 0.2) is 24.3 Å². The fraction of sp³-hybridized carbons (Fsp3) is 0.727. The van der Waals surface area contributed by atoms with E-state index in [2.05, 4.69) is 24.3 Å². The van der Waals surface area contributed by atoms with Crippen molar-refractivity contribution in [1.29, 1.82) is 0 Å². The quantitative estimate of drug-likeness (QED) is 0.824. The first kappa shape index (κ1) is 19.3. The molecule has 1 aromatic rings. The summed E-state index contributed by atoms with van der Waals surface area (Å²) >= 11 is 0. The van der Waals surface area contributed by atoms with E-state index in [1.807, 2.05) is 6.92 Å². The molecule has 1 aliphatic carbocycles. The third-order valence-electron chi connectivity index (χ3n) is 6.32. The maximum atomic E-state index is 6.29. The molecule has 3 fully saturated rings. The minimum Gasteiger partial charge on any atom is -0.348 e. The molecule has 0 radical (unpaired) electrons. The smallest absolute Gasteiger partial charge is 0.175 e. The van der Waals surface area contributed by atoms with Gasteiger partial charge in [0.1, 0.15) is 0 Å². The Balaban J connectivity index is 1.37. The summed E-state index contributed by atoms with van der Waals surface area (Å²) in [5.41, 5.74) is 8.49. The maximum Gasteiger partial charge on any atom is 0.175 e. The third kappa shape index (κ3) is 4.22. The lowest BCUT2D eigenvalue weighted by Crippen LogP contribution is -2.41. The molecule has 0 amide bonds. The predicted molar refractivity (Wildman–Crippen MR) is 104 cm³/mol. The van der Waals surface area contributed by atoms with Gasteiger partial charge in [-0.3, -0.25) is 0 Å². The second kappa shape index (κ2) is 8.18. The molecule has 1 aromatic carbocycles. The predicted octanol–water partition coefficient (Wildman–Crippen LogP) is 3.50. The molecule has 2 unspecified atom stereocenters. The number of hydrogen-bond donors (Lipinski definition) is 1. The molecule has 1 saturated carbocycles. The Morgan fingerprint density at radius 1 is 1.07 bits per heavy atom. The molecule has 4 rings (SSSR count). The van der Waals surface area contributed by atoms with Gasteiger partial charge in [0, 0.05) is 25.3 Å². The van der Waals surface area contributed by atoms with E-state index in [9.17, 15) is 0 Å². The molecule has 150 valence electrons. The second-order valence-electron chi connectivity index (χ2n) is 8.32. The van der Waals surface area contributed by atoms with Crippen LogP contribution in [-0.2, 0) is 25.4 Å². The summed E-state index contributed by atoms with van der Waals surface area (Å²) in [6.07, 6.45) is 7.54. The minimum atomic E-state index is -0.463. The van der Waals surface area contributed by atoms with E-state index < -0.39 is 5.79 Å². The molecule has 2 heterocycles. The van der Waals surface area contributed by atoms with E-state index >= 15 is 0 Å². The van der Waals surface area contributed by atoms with Gasteiger partial charge in [0.15, 0.2) is 11.6 Å². The van der Waals surface area contributed by atoms with Crippen molar-refractivity contribution in [2.24, 2.45) is 5.73 Å². The number of ether oxygens (including phenoxy) is 4. The zero-order valence-corrected chi connectivity index (χ0v) is 16.5. The Morgan fingerprint density at radius 2 is 1.85 bits per heavy atom. The first-order valence-corrected chi connectivity index (χ1v) is 10.5.